The van der Waals surface area contributed by atoms with Gasteiger partial charge in [-0.3, -0.25) is 14.8 Å². The number of rotatable bonds is 6. The van der Waals surface area contributed by atoms with Crippen LogP contribution < -0.4 is 16.4 Å². The highest BCUT2D eigenvalue weighted by Gasteiger charge is 2.16. The van der Waals surface area contributed by atoms with Crippen LogP contribution in [0.25, 0.3) is 5.69 Å². The lowest BCUT2D eigenvalue weighted by Gasteiger charge is -2.15. The maximum absolute atomic E-state index is 12.0. The normalized spacial score (nSPS) is 13.0. The van der Waals surface area contributed by atoms with Crippen molar-refractivity contribution < 1.29 is 28.0 Å². The van der Waals surface area contributed by atoms with Gasteiger partial charge in [0.05, 0.1) is 27.5 Å². The van der Waals surface area contributed by atoms with Crippen molar-refractivity contribution in [2.45, 2.75) is 6.04 Å². The molecule has 2 rings (SSSR count). The smallest absolute Gasteiger partial charge is 0.335 e. The first kappa shape index (κ1) is 20.5. The zero-order valence-corrected chi connectivity index (χ0v) is 15.6. The number of nitrogens with one attached hydrogen (secondary N) is 1. The molecular formula is C14H10BrN3O8S-2. The number of nitrogens with zero attached hydrogens (tertiary/aromatic N) is 2. The van der Waals surface area contributed by atoms with Crippen molar-refractivity contribution in [2.75, 3.05) is 5.75 Å². The molecule has 0 saturated carbocycles. The van der Waals surface area contributed by atoms with Crippen molar-refractivity contribution in [3.63, 3.8) is 0 Å². The number of carboxylic acids is 1. The summed E-state index contributed by atoms with van der Waals surface area (Å²) in [6, 6.07) is 3.91. The second-order valence-electron chi connectivity index (χ2n) is 5.15. The van der Waals surface area contributed by atoms with Gasteiger partial charge in [-0.1, -0.05) is 15.9 Å². The lowest BCUT2D eigenvalue weighted by atomic mass is 10.3. The predicted molar refractivity (Wildman–Crippen MR) is 93.0 cm³/mol. The monoisotopic (exact) mass is 459 g/mol. The fourth-order valence-electron chi connectivity index (χ4n) is 2.01. The summed E-state index contributed by atoms with van der Waals surface area (Å²) < 4.78 is 33.5. The van der Waals surface area contributed by atoms with Gasteiger partial charge in [-0.05, 0) is 24.3 Å². The number of hydrogen-bond acceptors (Lipinski definition) is 9. The van der Waals surface area contributed by atoms with Gasteiger partial charge in [0.2, 0.25) is 5.88 Å². The van der Waals surface area contributed by atoms with E-state index in [1.807, 2.05) is 4.98 Å². The van der Waals surface area contributed by atoms with Crippen molar-refractivity contribution in [3.8, 4) is 11.6 Å². The molecule has 0 radical (unpaired) electrons. The average molecular weight is 460 g/mol. The minimum absolute atomic E-state index is 0.171. The number of aromatic amines is 1. The number of carbonyl (C=O) groups excluding carboxylic acids is 1. The summed E-state index contributed by atoms with van der Waals surface area (Å²) in [6.07, 6.45) is 0.550. The lowest BCUT2D eigenvalue weighted by molar-refractivity contribution is -0.306. The number of halogens is 1. The predicted octanol–water partition coefficient (Wildman–Crippen LogP) is -1.92. The molecule has 2 aromatic rings. The summed E-state index contributed by atoms with van der Waals surface area (Å²) in [5.74, 6) is -4.24. The summed E-state index contributed by atoms with van der Waals surface area (Å²) >= 11 is 3.19. The molecule has 0 aliphatic heterocycles. The summed E-state index contributed by atoms with van der Waals surface area (Å²) in [5.41, 5.74) is -2.52. The molecule has 1 aromatic heterocycles. The summed E-state index contributed by atoms with van der Waals surface area (Å²) in [6.45, 7) is 0. The van der Waals surface area contributed by atoms with Gasteiger partial charge in [0, 0.05) is 10.7 Å². The van der Waals surface area contributed by atoms with E-state index in [2.05, 4.69) is 20.9 Å². The van der Waals surface area contributed by atoms with Crippen LogP contribution in [0, 0.1) is 0 Å². The molecule has 27 heavy (non-hydrogen) atoms. The van der Waals surface area contributed by atoms with Crippen molar-refractivity contribution >= 4 is 38.2 Å². The maximum Gasteiger partial charge on any atom is 0.335 e. The average Bonchev–Trinajstić information content (AvgIpc) is 2.53. The maximum atomic E-state index is 12.0. The number of aliphatic imine (C=N–C) groups is 1. The van der Waals surface area contributed by atoms with Crippen LogP contribution in [-0.4, -0.2) is 51.6 Å². The van der Waals surface area contributed by atoms with E-state index in [-0.39, 0.29) is 5.69 Å². The second kappa shape index (κ2) is 7.85. The molecule has 0 saturated heterocycles. The van der Waals surface area contributed by atoms with Gasteiger partial charge in [-0.25, -0.2) is 17.8 Å². The Kier molecular flexibility index (Phi) is 5.98. The molecule has 144 valence electrons. The van der Waals surface area contributed by atoms with Gasteiger partial charge < -0.3 is 19.6 Å². The standard InChI is InChI=1S/C14H12BrN3O8S/c15-7-1-3-8(4-2-7)18-12(20)9(11(19)17-14(18)23)5-16-10(13(21)22)6-27(24,25)26/h1-5,10,20H,6H2,(H,21,22)(H,17,19,23)(H,24,25,26)/p-2/t10-/m0/s1. The van der Waals surface area contributed by atoms with Crippen molar-refractivity contribution in [3.05, 3.63) is 55.1 Å². The third-order valence-corrected chi connectivity index (χ3v) is 4.48. The number of H-pyrrole nitrogens is 1. The molecule has 1 heterocycles. The first-order chi connectivity index (χ1) is 12.5. The Bertz CT molecular complexity index is 1120. The molecule has 1 atom stereocenters. The van der Waals surface area contributed by atoms with Crippen LogP contribution in [0.1, 0.15) is 5.56 Å². The third kappa shape index (κ3) is 5.12. The number of benzene rings is 1. The molecule has 0 spiro atoms. The first-order valence-electron chi connectivity index (χ1n) is 7.01. The highest BCUT2D eigenvalue weighted by atomic mass is 79.9. The van der Waals surface area contributed by atoms with Crippen molar-refractivity contribution in [1.82, 2.24) is 9.55 Å². The Hall–Kier alpha value is -2.77. The van der Waals surface area contributed by atoms with Gasteiger partial charge in [-0.15, -0.1) is 0 Å². The van der Waals surface area contributed by atoms with Crippen LogP contribution in [0.4, 0.5) is 0 Å². The number of carbonyl (C=O) groups is 1. The number of aromatic hydroxyl groups is 1. The number of aromatic nitrogens is 2. The van der Waals surface area contributed by atoms with E-state index in [0.717, 1.165) is 0 Å². The quantitative estimate of drug-likeness (QED) is 0.369. The van der Waals surface area contributed by atoms with Gasteiger partial charge in [-0.2, -0.15) is 0 Å². The molecule has 0 aliphatic rings. The van der Waals surface area contributed by atoms with E-state index in [1.54, 1.807) is 12.1 Å². The van der Waals surface area contributed by atoms with Crippen LogP contribution in [0.3, 0.4) is 0 Å². The fourth-order valence-corrected chi connectivity index (χ4v) is 2.89. The van der Waals surface area contributed by atoms with E-state index in [0.29, 0.717) is 15.3 Å². The van der Waals surface area contributed by atoms with E-state index in [1.165, 1.54) is 12.1 Å². The minimum Gasteiger partial charge on any atom is -0.748 e. The highest BCUT2D eigenvalue weighted by Crippen LogP contribution is 2.18. The van der Waals surface area contributed by atoms with E-state index >= 15 is 0 Å². The summed E-state index contributed by atoms with van der Waals surface area (Å²) in [7, 11) is -4.95. The van der Waals surface area contributed by atoms with Gasteiger partial charge in [0.15, 0.2) is 0 Å². The van der Waals surface area contributed by atoms with Crippen molar-refractivity contribution in [2.24, 2.45) is 4.99 Å². The molecule has 0 aliphatic carbocycles. The molecular weight excluding hydrogens is 450 g/mol. The van der Waals surface area contributed by atoms with E-state index in [4.69, 9.17) is 0 Å². The molecule has 2 N–H and O–H groups in total. The highest BCUT2D eigenvalue weighted by molar-refractivity contribution is 9.10. The van der Waals surface area contributed by atoms with Crippen LogP contribution in [0.5, 0.6) is 5.88 Å². The van der Waals surface area contributed by atoms with Crippen LogP contribution >= 0.6 is 15.9 Å². The topological polar surface area (TPSA) is 185 Å². The molecule has 11 nitrogen and oxygen atoms in total. The fraction of sp³-hybridized carbons (Fsp3) is 0.143. The Morgan fingerprint density at radius 1 is 1.33 bits per heavy atom. The Labute approximate surface area is 159 Å². The van der Waals surface area contributed by atoms with Crippen LogP contribution in [0.2, 0.25) is 0 Å². The molecule has 0 unspecified atom stereocenters. The number of hydrogen-bond donors (Lipinski definition) is 2. The minimum atomic E-state index is -4.95. The summed E-state index contributed by atoms with van der Waals surface area (Å²) in [4.78, 5) is 40.0. The van der Waals surface area contributed by atoms with Gasteiger partial charge >= 0.3 is 5.69 Å². The van der Waals surface area contributed by atoms with E-state index in [9.17, 15) is 37.6 Å². The molecule has 1 aromatic carbocycles. The molecule has 13 heteroatoms. The van der Waals surface area contributed by atoms with E-state index < -0.39 is 50.6 Å². The zero-order valence-electron chi connectivity index (χ0n) is 13.2. The van der Waals surface area contributed by atoms with Gasteiger partial charge in [0.1, 0.15) is 11.6 Å². The first-order valence-corrected chi connectivity index (χ1v) is 9.38. The Morgan fingerprint density at radius 3 is 2.44 bits per heavy atom. The zero-order chi connectivity index (χ0) is 20.4. The largest absolute Gasteiger partial charge is 0.748 e. The lowest BCUT2D eigenvalue weighted by Crippen LogP contribution is -2.39. The molecule has 0 amide bonds. The Morgan fingerprint density at radius 2 is 1.93 bits per heavy atom. The number of aliphatic carboxylic acids is 1. The van der Waals surface area contributed by atoms with Crippen LogP contribution in [-0.2, 0) is 14.9 Å². The number of carboxylic acid groups (broad SMARTS) is 1. The third-order valence-electron chi connectivity index (χ3n) is 3.22. The van der Waals surface area contributed by atoms with Gasteiger partial charge in [0.25, 0.3) is 5.56 Å². The van der Waals surface area contributed by atoms with Crippen molar-refractivity contribution in [1.29, 1.82) is 0 Å². The summed E-state index contributed by atoms with van der Waals surface area (Å²) in [5, 5.41) is 21.2. The molecule has 0 fully saturated rings. The van der Waals surface area contributed by atoms with Crippen LogP contribution in [0.15, 0.2) is 43.3 Å². The second-order valence-corrected chi connectivity index (χ2v) is 7.51. The molecule has 0 bridgehead atoms. The SMILES string of the molecule is O=C([O-])[C@H](CS(=O)(=O)[O-])N=Cc1c(O)n(-c2ccc(Br)cc2)c(=O)[nH]c1=O. The Balaban J connectivity index is 2.56.